The van der Waals surface area contributed by atoms with Gasteiger partial charge in [-0.15, -0.1) is 12.4 Å². The second-order valence-electron chi connectivity index (χ2n) is 7.06. The van der Waals surface area contributed by atoms with Crippen LogP contribution in [-0.2, 0) is 6.61 Å². The Hall–Kier alpha value is -3.29. The summed E-state index contributed by atoms with van der Waals surface area (Å²) in [6.07, 6.45) is 6.85. The van der Waals surface area contributed by atoms with Gasteiger partial charge >= 0.3 is 0 Å². The van der Waals surface area contributed by atoms with Gasteiger partial charge in [0.15, 0.2) is 17.2 Å². The second-order valence-corrected chi connectivity index (χ2v) is 7.06. The van der Waals surface area contributed by atoms with Gasteiger partial charge in [-0.2, -0.15) is 0 Å². The molecule has 31 heavy (non-hydrogen) atoms. The van der Waals surface area contributed by atoms with Crippen molar-refractivity contribution >= 4 is 23.8 Å². The number of aliphatic hydroxyl groups excluding tert-OH is 1. The van der Waals surface area contributed by atoms with Gasteiger partial charge in [0.2, 0.25) is 0 Å². The van der Waals surface area contributed by atoms with E-state index in [2.05, 4.69) is 15.0 Å². The molecular weight excluding hydrogens is 416 g/mol. The minimum Gasteiger partial charge on any atom is -0.485 e. The third kappa shape index (κ3) is 4.90. The molecule has 1 aromatic carbocycles. The molecular formula is C23H23ClN4O3. The molecule has 0 bridgehead atoms. The Labute approximate surface area is 186 Å². The van der Waals surface area contributed by atoms with Crippen molar-refractivity contribution in [1.82, 2.24) is 19.4 Å². The Morgan fingerprint density at radius 2 is 1.87 bits per heavy atom. The topological polar surface area (TPSA) is 89.6 Å². The molecule has 1 N–H and O–H groups in total. The molecule has 3 aromatic heterocycles. The van der Waals surface area contributed by atoms with E-state index in [1.165, 1.54) is 6.33 Å². The van der Waals surface area contributed by atoms with Gasteiger partial charge in [0.25, 0.3) is 0 Å². The van der Waals surface area contributed by atoms with Gasteiger partial charge in [-0.05, 0) is 24.6 Å². The van der Waals surface area contributed by atoms with Crippen molar-refractivity contribution in [2.45, 2.75) is 25.9 Å². The molecule has 3 heterocycles. The number of fused-ring (bicyclic) bond motifs is 1. The summed E-state index contributed by atoms with van der Waals surface area (Å²) < 4.78 is 7.67. The molecule has 0 aliphatic heterocycles. The Kier molecular flexibility index (Phi) is 7.33. The maximum atomic E-state index is 13.1. The van der Waals surface area contributed by atoms with Gasteiger partial charge in [-0.25, -0.2) is 15.0 Å². The number of carbonyl (C=O) groups is 1. The molecule has 0 aliphatic rings. The number of imidazole rings is 1. The lowest BCUT2D eigenvalue weighted by Crippen LogP contribution is -2.13. The molecule has 4 aromatic rings. The zero-order valence-electron chi connectivity index (χ0n) is 17.0. The first-order chi connectivity index (χ1) is 14.7. The summed E-state index contributed by atoms with van der Waals surface area (Å²) in [5.41, 5.74) is 3.49. The highest BCUT2D eigenvalue weighted by molar-refractivity contribution is 5.97. The number of rotatable bonds is 8. The van der Waals surface area contributed by atoms with E-state index in [-0.39, 0.29) is 37.1 Å². The van der Waals surface area contributed by atoms with Crippen molar-refractivity contribution < 1.29 is 14.6 Å². The molecule has 0 amide bonds. The number of nitrogens with zero attached hydrogens (tertiary/aromatic N) is 4. The average Bonchev–Trinajstić information content (AvgIpc) is 3.13. The molecule has 0 spiro atoms. The second kappa shape index (κ2) is 10.1. The molecule has 0 fully saturated rings. The predicted octanol–water partition coefficient (Wildman–Crippen LogP) is 3.78. The zero-order valence-corrected chi connectivity index (χ0v) is 17.8. The van der Waals surface area contributed by atoms with Crippen LogP contribution in [0.1, 0.15) is 39.6 Å². The number of pyridine rings is 1. The number of halogens is 1. The molecule has 160 valence electrons. The summed E-state index contributed by atoms with van der Waals surface area (Å²) in [7, 11) is 0. The highest BCUT2D eigenvalue weighted by Crippen LogP contribution is 2.26. The summed E-state index contributed by atoms with van der Waals surface area (Å²) in [6.45, 7) is 2.01. The standard InChI is InChI=1S/C23H22N4O3.ClH/c1-16-22(20(29)10-19(13-28)18-6-3-2-4-7-18)27-9-5-8-21(23(27)26-16)30-14-17-11-24-15-25-12-17;/h2-9,11-12,15,19,28H,10,13-14H2,1H3;1H/t19-;/m0./s1. The number of benzene rings is 1. The number of Topliss-reactive ketones (excluding diaryl/α,β-unsaturated/α-hetero) is 1. The van der Waals surface area contributed by atoms with Crippen LogP contribution in [0.5, 0.6) is 5.75 Å². The van der Waals surface area contributed by atoms with E-state index >= 15 is 0 Å². The van der Waals surface area contributed by atoms with Crippen LogP contribution in [0.15, 0.2) is 67.4 Å². The summed E-state index contributed by atoms with van der Waals surface area (Å²) >= 11 is 0. The van der Waals surface area contributed by atoms with Crippen molar-refractivity contribution in [2.24, 2.45) is 0 Å². The fourth-order valence-corrected chi connectivity index (χ4v) is 3.50. The lowest BCUT2D eigenvalue weighted by Gasteiger charge is -2.14. The number of ketones is 1. The highest BCUT2D eigenvalue weighted by atomic mass is 35.5. The number of hydrogen-bond acceptors (Lipinski definition) is 6. The SMILES string of the molecule is Cc1nc2c(OCc3cncnc3)cccn2c1C(=O)C[C@@H](CO)c1ccccc1.Cl. The lowest BCUT2D eigenvalue weighted by atomic mass is 9.93. The molecule has 8 heteroatoms. The fraction of sp³-hybridized carbons (Fsp3) is 0.217. The van der Waals surface area contributed by atoms with E-state index in [0.717, 1.165) is 11.1 Å². The van der Waals surface area contributed by atoms with Crippen LogP contribution >= 0.6 is 12.4 Å². The van der Waals surface area contributed by atoms with E-state index in [0.29, 0.717) is 29.4 Å². The number of ether oxygens (including phenoxy) is 1. The van der Waals surface area contributed by atoms with Gasteiger partial charge in [0, 0.05) is 36.5 Å². The quantitative estimate of drug-likeness (QED) is 0.421. The van der Waals surface area contributed by atoms with Crippen LogP contribution in [0.25, 0.3) is 5.65 Å². The van der Waals surface area contributed by atoms with Crippen LogP contribution in [0.2, 0.25) is 0 Å². The summed E-state index contributed by atoms with van der Waals surface area (Å²) in [5.74, 6) is 0.239. The third-order valence-corrected chi connectivity index (χ3v) is 4.98. The van der Waals surface area contributed by atoms with Crippen molar-refractivity contribution in [3.05, 3.63) is 89.9 Å². The van der Waals surface area contributed by atoms with Gasteiger partial charge in [0.05, 0.1) is 12.3 Å². The minimum atomic E-state index is -0.263. The first-order valence-electron chi connectivity index (χ1n) is 9.70. The average molecular weight is 439 g/mol. The maximum Gasteiger partial charge on any atom is 0.182 e. The minimum absolute atomic E-state index is 0. The van der Waals surface area contributed by atoms with Gasteiger partial charge < -0.3 is 9.84 Å². The van der Waals surface area contributed by atoms with Gasteiger partial charge in [-0.3, -0.25) is 9.20 Å². The summed E-state index contributed by atoms with van der Waals surface area (Å²) in [5, 5.41) is 9.83. The number of aromatic nitrogens is 4. The fourth-order valence-electron chi connectivity index (χ4n) is 3.50. The summed E-state index contributed by atoms with van der Waals surface area (Å²) in [6, 6.07) is 13.2. The first kappa shape index (κ1) is 22.4. The summed E-state index contributed by atoms with van der Waals surface area (Å²) in [4.78, 5) is 25.7. The molecule has 0 saturated heterocycles. The predicted molar refractivity (Wildman–Crippen MR) is 119 cm³/mol. The van der Waals surface area contributed by atoms with Crippen LogP contribution < -0.4 is 4.74 Å². The molecule has 0 aliphatic carbocycles. The number of aliphatic hydroxyl groups is 1. The smallest absolute Gasteiger partial charge is 0.182 e. The van der Waals surface area contributed by atoms with Crippen molar-refractivity contribution in [2.75, 3.05) is 6.61 Å². The Morgan fingerprint density at radius 1 is 1.13 bits per heavy atom. The molecule has 0 unspecified atom stereocenters. The zero-order chi connectivity index (χ0) is 20.9. The Morgan fingerprint density at radius 3 is 2.58 bits per heavy atom. The van der Waals surface area contributed by atoms with E-state index < -0.39 is 0 Å². The van der Waals surface area contributed by atoms with E-state index in [4.69, 9.17) is 4.74 Å². The van der Waals surface area contributed by atoms with Gasteiger partial charge in [0.1, 0.15) is 18.6 Å². The molecule has 4 rings (SSSR count). The highest BCUT2D eigenvalue weighted by Gasteiger charge is 2.22. The lowest BCUT2D eigenvalue weighted by molar-refractivity contribution is 0.0953. The number of hydrogen-bond donors (Lipinski definition) is 1. The number of aryl methyl sites for hydroxylation is 1. The molecule has 0 radical (unpaired) electrons. The maximum absolute atomic E-state index is 13.1. The Bertz CT molecular complexity index is 1150. The van der Waals surface area contributed by atoms with Crippen molar-refractivity contribution in [1.29, 1.82) is 0 Å². The molecule has 0 saturated carbocycles. The van der Waals surface area contributed by atoms with Crippen LogP contribution in [0, 0.1) is 6.92 Å². The van der Waals surface area contributed by atoms with Crippen molar-refractivity contribution in [3.63, 3.8) is 0 Å². The number of carbonyl (C=O) groups excluding carboxylic acids is 1. The van der Waals surface area contributed by atoms with Crippen LogP contribution in [0.3, 0.4) is 0 Å². The largest absolute Gasteiger partial charge is 0.485 e. The first-order valence-corrected chi connectivity index (χ1v) is 9.70. The van der Waals surface area contributed by atoms with Crippen molar-refractivity contribution in [3.8, 4) is 5.75 Å². The third-order valence-electron chi connectivity index (χ3n) is 4.98. The van der Waals surface area contributed by atoms with E-state index in [9.17, 15) is 9.90 Å². The Balaban J connectivity index is 0.00000272. The monoisotopic (exact) mass is 438 g/mol. The van der Waals surface area contributed by atoms with E-state index in [1.807, 2.05) is 49.4 Å². The normalized spacial score (nSPS) is 11.7. The van der Waals surface area contributed by atoms with Crippen LogP contribution in [0.4, 0.5) is 0 Å². The van der Waals surface area contributed by atoms with Gasteiger partial charge in [-0.1, -0.05) is 30.3 Å². The van der Waals surface area contributed by atoms with Crippen LogP contribution in [-0.4, -0.2) is 36.8 Å². The molecule has 1 atom stereocenters. The van der Waals surface area contributed by atoms with E-state index in [1.54, 1.807) is 23.0 Å². The molecule has 7 nitrogen and oxygen atoms in total.